The summed E-state index contributed by atoms with van der Waals surface area (Å²) in [4.78, 5) is 13.6. The van der Waals surface area contributed by atoms with Crippen molar-refractivity contribution in [1.82, 2.24) is 10.2 Å². The lowest BCUT2D eigenvalue weighted by Crippen LogP contribution is -2.41. The van der Waals surface area contributed by atoms with E-state index in [4.69, 9.17) is 14.0 Å². The van der Waals surface area contributed by atoms with E-state index in [0.717, 1.165) is 22.2 Å². The van der Waals surface area contributed by atoms with Gasteiger partial charge in [-0.05, 0) is 76.0 Å². The predicted molar refractivity (Wildman–Crippen MR) is 132 cm³/mol. The Kier molecular flexibility index (Phi) is 6.53. The Labute approximate surface area is 201 Å². The summed E-state index contributed by atoms with van der Waals surface area (Å²) in [6.45, 7) is 11.0. The molecule has 0 bridgehead atoms. The average molecular weight is 468 g/mol. The van der Waals surface area contributed by atoms with Crippen LogP contribution in [0.25, 0.3) is 11.1 Å². The van der Waals surface area contributed by atoms with Crippen LogP contribution in [0.5, 0.6) is 5.75 Å². The van der Waals surface area contributed by atoms with Gasteiger partial charge >= 0.3 is 7.12 Å². The van der Waals surface area contributed by atoms with E-state index in [2.05, 4.69) is 5.32 Å². The number of nitrogens with one attached hydrogen (secondary N) is 1. The SMILES string of the molecule is COc1cc(-c2cccc(B3OC(C)(C)C(C)(C)O3)c2C)cc(F)c1CN(C)C1CNC(=O)C1. The number of likely N-dealkylation sites (N-methyl/N-ethyl adjacent to an activating group) is 1. The molecular weight excluding hydrogens is 434 g/mol. The van der Waals surface area contributed by atoms with Crippen LogP contribution < -0.4 is 15.5 Å². The summed E-state index contributed by atoms with van der Waals surface area (Å²) in [6, 6.07) is 9.38. The van der Waals surface area contributed by atoms with Gasteiger partial charge in [-0.2, -0.15) is 0 Å². The Morgan fingerprint density at radius 3 is 2.47 bits per heavy atom. The highest BCUT2D eigenvalue weighted by Gasteiger charge is 2.52. The minimum absolute atomic E-state index is 0.0250. The molecule has 0 saturated carbocycles. The van der Waals surface area contributed by atoms with Crippen molar-refractivity contribution in [2.45, 2.75) is 64.8 Å². The summed E-state index contributed by atoms with van der Waals surface area (Å²) in [7, 11) is 2.96. The first kappa shape index (κ1) is 24.7. The van der Waals surface area contributed by atoms with Gasteiger partial charge < -0.3 is 19.4 Å². The predicted octanol–water partition coefficient (Wildman–Crippen LogP) is 3.43. The van der Waals surface area contributed by atoms with Crippen molar-refractivity contribution >= 4 is 18.5 Å². The Bertz CT molecular complexity index is 1090. The van der Waals surface area contributed by atoms with Crippen LogP contribution in [-0.4, -0.2) is 55.9 Å². The van der Waals surface area contributed by atoms with Crippen molar-refractivity contribution in [2.75, 3.05) is 20.7 Å². The van der Waals surface area contributed by atoms with Gasteiger partial charge in [-0.25, -0.2) is 4.39 Å². The molecule has 2 aromatic rings. The molecule has 8 heteroatoms. The zero-order valence-corrected chi connectivity index (χ0v) is 21.1. The third-order valence-electron chi connectivity index (χ3n) is 7.56. The first-order valence-corrected chi connectivity index (χ1v) is 11.7. The number of nitrogens with zero attached hydrogens (tertiary/aromatic N) is 1. The van der Waals surface area contributed by atoms with E-state index in [1.54, 1.807) is 13.2 Å². The van der Waals surface area contributed by atoms with Crippen LogP contribution in [0.2, 0.25) is 0 Å². The zero-order valence-electron chi connectivity index (χ0n) is 21.1. The van der Waals surface area contributed by atoms with Gasteiger partial charge in [0.15, 0.2) is 0 Å². The van der Waals surface area contributed by atoms with Crippen LogP contribution in [0.15, 0.2) is 30.3 Å². The van der Waals surface area contributed by atoms with E-state index in [1.165, 1.54) is 0 Å². The van der Waals surface area contributed by atoms with Gasteiger partial charge in [-0.1, -0.05) is 18.2 Å². The van der Waals surface area contributed by atoms with E-state index < -0.39 is 18.3 Å². The Hall–Kier alpha value is -2.42. The molecule has 2 saturated heterocycles. The minimum Gasteiger partial charge on any atom is -0.496 e. The maximum atomic E-state index is 15.4. The molecule has 4 rings (SSSR count). The third kappa shape index (κ3) is 4.46. The number of ether oxygens (including phenoxy) is 1. The smallest absolute Gasteiger partial charge is 0.495 e. The molecule has 1 unspecified atom stereocenters. The number of rotatable bonds is 6. The van der Waals surface area contributed by atoms with Gasteiger partial charge in [-0.15, -0.1) is 0 Å². The number of hydrogen-bond acceptors (Lipinski definition) is 5. The highest BCUT2D eigenvalue weighted by molar-refractivity contribution is 6.62. The summed E-state index contributed by atoms with van der Waals surface area (Å²) in [5.41, 5.74) is 3.13. The maximum absolute atomic E-state index is 15.4. The van der Waals surface area contributed by atoms with Crippen molar-refractivity contribution < 1.29 is 23.2 Å². The molecule has 0 aromatic heterocycles. The molecule has 0 aliphatic carbocycles. The molecule has 1 atom stereocenters. The molecule has 0 spiro atoms. The molecule has 182 valence electrons. The Morgan fingerprint density at radius 1 is 1.21 bits per heavy atom. The maximum Gasteiger partial charge on any atom is 0.495 e. The lowest BCUT2D eigenvalue weighted by molar-refractivity contribution is -0.119. The van der Waals surface area contributed by atoms with Crippen LogP contribution in [0.4, 0.5) is 4.39 Å². The van der Waals surface area contributed by atoms with Gasteiger partial charge in [0, 0.05) is 31.1 Å². The Balaban J connectivity index is 1.65. The minimum atomic E-state index is -0.493. The molecular formula is C26H34BFN2O4. The monoisotopic (exact) mass is 468 g/mol. The Morgan fingerprint density at radius 2 is 1.88 bits per heavy atom. The molecule has 2 aromatic carbocycles. The number of methoxy groups -OCH3 is 1. The quantitative estimate of drug-likeness (QED) is 0.659. The number of benzene rings is 2. The van der Waals surface area contributed by atoms with Crippen molar-refractivity contribution in [3.8, 4) is 16.9 Å². The summed E-state index contributed by atoms with van der Waals surface area (Å²) in [6.07, 6.45) is 0.420. The first-order chi connectivity index (χ1) is 15.9. The molecule has 2 aliphatic heterocycles. The van der Waals surface area contributed by atoms with Gasteiger partial charge in [0.2, 0.25) is 5.91 Å². The van der Waals surface area contributed by atoms with Crippen molar-refractivity contribution in [3.63, 3.8) is 0 Å². The van der Waals surface area contributed by atoms with Crippen LogP contribution >= 0.6 is 0 Å². The normalized spacial score (nSPS) is 21.3. The standard InChI is InChI=1S/C26H34BFN2O4/c1-16-19(9-8-10-21(16)27-33-25(2,3)26(4,5)34-27)17-11-22(28)20(23(12-17)32-7)15-30(6)18-13-24(31)29-14-18/h8-12,18H,13-15H2,1-7H3,(H,29,31). The largest absolute Gasteiger partial charge is 0.496 e. The molecule has 2 aliphatic rings. The molecule has 1 N–H and O–H groups in total. The zero-order chi connectivity index (χ0) is 24.8. The third-order valence-corrected chi connectivity index (χ3v) is 7.56. The highest BCUT2D eigenvalue weighted by atomic mass is 19.1. The van der Waals surface area contributed by atoms with Crippen molar-refractivity contribution in [2.24, 2.45) is 0 Å². The first-order valence-electron chi connectivity index (χ1n) is 11.7. The van der Waals surface area contributed by atoms with Crippen molar-refractivity contribution in [1.29, 1.82) is 0 Å². The fourth-order valence-corrected chi connectivity index (χ4v) is 4.57. The fraction of sp³-hybridized carbons (Fsp3) is 0.500. The van der Waals surface area contributed by atoms with Crippen molar-refractivity contribution in [3.05, 3.63) is 47.3 Å². The second-order valence-electron chi connectivity index (χ2n) is 10.3. The number of halogens is 1. The summed E-state index contributed by atoms with van der Waals surface area (Å²) in [5, 5.41) is 2.83. The molecule has 34 heavy (non-hydrogen) atoms. The average Bonchev–Trinajstić information content (AvgIpc) is 3.29. The van der Waals surface area contributed by atoms with Crippen LogP contribution in [0, 0.1) is 12.7 Å². The van der Waals surface area contributed by atoms with E-state index in [1.807, 2.05) is 70.8 Å². The summed E-state index contributed by atoms with van der Waals surface area (Å²) in [5.74, 6) is 0.176. The molecule has 2 heterocycles. The number of amides is 1. The lowest BCUT2D eigenvalue weighted by atomic mass is 9.74. The molecule has 6 nitrogen and oxygen atoms in total. The van der Waals surface area contributed by atoms with Gasteiger partial charge in [-0.3, -0.25) is 9.69 Å². The topological polar surface area (TPSA) is 60.0 Å². The van der Waals surface area contributed by atoms with Gasteiger partial charge in [0.05, 0.1) is 18.3 Å². The number of carbonyl (C=O) groups excluding carboxylic acids is 1. The highest BCUT2D eigenvalue weighted by Crippen LogP contribution is 2.38. The molecule has 1 amide bonds. The van der Waals surface area contributed by atoms with Gasteiger partial charge in [0.1, 0.15) is 11.6 Å². The fourth-order valence-electron chi connectivity index (χ4n) is 4.57. The second kappa shape index (κ2) is 8.98. The van der Waals surface area contributed by atoms with E-state index in [0.29, 0.717) is 30.8 Å². The van der Waals surface area contributed by atoms with Gasteiger partial charge in [0.25, 0.3) is 0 Å². The summed E-state index contributed by atoms with van der Waals surface area (Å²) < 4.78 is 33.5. The van der Waals surface area contributed by atoms with Crippen LogP contribution in [0.3, 0.4) is 0 Å². The van der Waals surface area contributed by atoms with Crippen LogP contribution in [0.1, 0.15) is 45.2 Å². The second-order valence-corrected chi connectivity index (χ2v) is 10.3. The summed E-state index contributed by atoms with van der Waals surface area (Å²) >= 11 is 0. The molecule has 0 radical (unpaired) electrons. The lowest BCUT2D eigenvalue weighted by Gasteiger charge is -2.32. The van der Waals surface area contributed by atoms with Crippen LogP contribution in [-0.2, 0) is 20.6 Å². The number of carbonyl (C=O) groups is 1. The van der Waals surface area contributed by atoms with E-state index in [-0.39, 0.29) is 17.8 Å². The van der Waals surface area contributed by atoms with E-state index >= 15 is 4.39 Å². The van der Waals surface area contributed by atoms with E-state index in [9.17, 15) is 4.79 Å². The molecule has 2 fully saturated rings. The number of hydrogen-bond donors (Lipinski definition) is 1.